The van der Waals surface area contributed by atoms with Gasteiger partial charge in [-0.05, 0) is 48.9 Å². The average Bonchev–Trinajstić information content (AvgIpc) is 3.30. The van der Waals surface area contributed by atoms with Crippen LogP contribution in [0.1, 0.15) is 47.1 Å². The number of hydrogen-bond acceptors (Lipinski definition) is 6. The van der Waals surface area contributed by atoms with Crippen LogP contribution in [-0.2, 0) is 6.18 Å². The maximum atomic E-state index is 12.9. The van der Waals surface area contributed by atoms with E-state index in [9.17, 15) is 18.0 Å². The summed E-state index contributed by atoms with van der Waals surface area (Å²) >= 11 is 0. The van der Waals surface area contributed by atoms with Crippen molar-refractivity contribution in [3.05, 3.63) is 71.9 Å². The van der Waals surface area contributed by atoms with Gasteiger partial charge in [0.1, 0.15) is 28.7 Å². The number of rotatable bonds is 4. The van der Waals surface area contributed by atoms with Crippen LogP contribution in [0.15, 0.2) is 55.0 Å². The van der Waals surface area contributed by atoms with Gasteiger partial charge >= 0.3 is 6.18 Å². The lowest BCUT2D eigenvalue weighted by Gasteiger charge is -2.09. The van der Waals surface area contributed by atoms with Crippen molar-refractivity contribution < 1.29 is 18.0 Å². The fourth-order valence-electron chi connectivity index (χ4n) is 4.83. The van der Waals surface area contributed by atoms with Crippen LogP contribution < -0.4 is 16.4 Å². The first-order chi connectivity index (χ1) is 17.2. The van der Waals surface area contributed by atoms with Crippen molar-refractivity contribution in [2.24, 2.45) is 5.41 Å². The van der Waals surface area contributed by atoms with Crippen LogP contribution in [0, 0.1) is 5.41 Å². The highest BCUT2D eigenvalue weighted by Gasteiger charge is 2.49. The van der Waals surface area contributed by atoms with Crippen molar-refractivity contribution in [3.8, 4) is 11.3 Å². The van der Waals surface area contributed by atoms with Crippen molar-refractivity contribution in [2.45, 2.75) is 31.5 Å². The Morgan fingerprint density at radius 1 is 1.14 bits per heavy atom. The van der Waals surface area contributed by atoms with Gasteiger partial charge < -0.3 is 16.4 Å². The molecule has 4 aromatic rings. The number of halogens is 3. The molecule has 1 atom stereocenters. The quantitative estimate of drug-likeness (QED) is 0.387. The molecule has 36 heavy (non-hydrogen) atoms. The number of fused-ring (bicyclic) bond motifs is 1. The third-order valence-electron chi connectivity index (χ3n) is 6.99. The summed E-state index contributed by atoms with van der Waals surface area (Å²) in [5.41, 5.74) is 8.09. The number of imidazole rings is 1. The van der Waals surface area contributed by atoms with Gasteiger partial charge in [-0.15, -0.1) is 0 Å². The summed E-state index contributed by atoms with van der Waals surface area (Å²) in [6, 6.07) is 8.39. The van der Waals surface area contributed by atoms with E-state index in [1.54, 1.807) is 30.5 Å². The Morgan fingerprint density at radius 3 is 2.61 bits per heavy atom. The number of pyridine rings is 1. The standard InChI is InChI=1S/C25H22F3N7O/c26-25(27,28)16-5-8-30-18(11-16)33-23(36)15-3-1-14(2-4-15)19-20-21(29)31-9-10-35(20)22(34-19)17-12-24(6-7-24)13-32-17/h1-5,8-11,17,32H,6-7,12-13H2,(H2,29,31)(H,30,33,36)/t17-/m0/s1. The highest BCUT2D eigenvalue weighted by atomic mass is 19.4. The maximum Gasteiger partial charge on any atom is 0.416 e. The molecule has 1 saturated carbocycles. The van der Waals surface area contributed by atoms with E-state index in [4.69, 9.17) is 10.7 Å². The lowest BCUT2D eigenvalue weighted by molar-refractivity contribution is -0.137. The molecule has 0 radical (unpaired) electrons. The number of nitrogens with one attached hydrogen (secondary N) is 2. The zero-order valence-electron chi connectivity index (χ0n) is 19.0. The molecular weight excluding hydrogens is 471 g/mol. The van der Waals surface area contributed by atoms with Crippen LogP contribution in [0.5, 0.6) is 0 Å². The Morgan fingerprint density at radius 2 is 1.92 bits per heavy atom. The third kappa shape index (κ3) is 3.95. The molecule has 4 N–H and O–H groups in total. The summed E-state index contributed by atoms with van der Waals surface area (Å²) < 4.78 is 40.8. The minimum atomic E-state index is -4.53. The first-order valence-corrected chi connectivity index (χ1v) is 11.5. The van der Waals surface area contributed by atoms with E-state index in [1.165, 1.54) is 12.8 Å². The minimum absolute atomic E-state index is 0.112. The second-order valence-corrected chi connectivity index (χ2v) is 9.45. The summed E-state index contributed by atoms with van der Waals surface area (Å²) in [5, 5.41) is 6.00. The van der Waals surface area contributed by atoms with Gasteiger partial charge in [0.2, 0.25) is 0 Å². The number of nitrogens with two attached hydrogens (primary N) is 1. The largest absolute Gasteiger partial charge is 0.416 e. The van der Waals surface area contributed by atoms with E-state index in [1.807, 2.05) is 10.6 Å². The second kappa shape index (κ2) is 8.02. The Kier molecular flexibility index (Phi) is 5.01. The van der Waals surface area contributed by atoms with Gasteiger partial charge in [0.15, 0.2) is 0 Å². The predicted molar refractivity (Wildman–Crippen MR) is 127 cm³/mol. The number of nitrogens with zero attached hydrogens (tertiary/aromatic N) is 4. The molecule has 2 aliphatic rings. The van der Waals surface area contributed by atoms with Gasteiger partial charge in [-0.25, -0.2) is 15.0 Å². The van der Waals surface area contributed by atoms with Crippen molar-refractivity contribution in [3.63, 3.8) is 0 Å². The van der Waals surface area contributed by atoms with E-state index in [0.717, 1.165) is 42.7 Å². The van der Waals surface area contributed by atoms with Crippen LogP contribution >= 0.6 is 0 Å². The summed E-state index contributed by atoms with van der Waals surface area (Å²) in [7, 11) is 0. The van der Waals surface area contributed by atoms with E-state index < -0.39 is 17.6 Å². The lowest BCUT2D eigenvalue weighted by Crippen LogP contribution is -2.16. The van der Waals surface area contributed by atoms with Gasteiger partial charge in [-0.3, -0.25) is 9.20 Å². The molecule has 1 aliphatic heterocycles. The van der Waals surface area contributed by atoms with Crippen LogP contribution in [0.25, 0.3) is 16.8 Å². The molecule has 1 aromatic carbocycles. The van der Waals surface area contributed by atoms with Crippen molar-refractivity contribution in [1.29, 1.82) is 0 Å². The maximum absolute atomic E-state index is 12.9. The van der Waals surface area contributed by atoms with Gasteiger partial charge in [-0.2, -0.15) is 13.2 Å². The summed E-state index contributed by atoms with van der Waals surface area (Å²) in [6.07, 6.45) is 3.46. The number of amides is 1. The van der Waals surface area contributed by atoms with E-state index in [0.29, 0.717) is 22.4 Å². The average molecular weight is 493 g/mol. The molecule has 0 unspecified atom stereocenters. The molecule has 1 amide bonds. The van der Waals surface area contributed by atoms with Crippen LogP contribution in [-0.4, -0.2) is 31.8 Å². The summed E-state index contributed by atoms with van der Waals surface area (Å²) in [5.74, 6) is 0.466. The Bertz CT molecular complexity index is 1480. The van der Waals surface area contributed by atoms with Crippen molar-refractivity contribution in [1.82, 2.24) is 24.7 Å². The Hall–Kier alpha value is -3.99. The fourth-order valence-corrected chi connectivity index (χ4v) is 4.83. The number of nitrogen functional groups attached to an aromatic ring is 1. The second-order valence-electron chi connectivity index (χ2n) is 9.45. The highest BCUT2D eigenvalue weighted by molar-refractivity contribution is 6.04. The molecule has 1 aliphatic carbocycles. The molecule has 6 rings (SSSR count). The number of carbonyl (C=O) groups excluding carboxylic acids is 1. The molecule has 0 bridgehead atoms. The summed E-state index contributed by atoms with van der Waals surface area (Å²) in [4.78, 5) is 25.6. The van der Waals surface area contributed by atoms with Gasteiger partial charge in [0.25, 0.3) is 5.91 Å². The molecule has 1 spiro atoms. The van der Waals surface area contributed by atoms with Crippen molar-refractivity contribution in [2.75, 3.05) is 17.6 Å². The predicted octanol–water partition coefficient (Wildman–Crippen LogP) is 4.46. The van der Waals surface area contributed by atoms with Gasteiger partial charge in [-0.1, -0.05) is 12.1 Å². The first kappa shape index (κ1) is 22.5. The number of anilines is 2. The third-order valence-corrected chi connectivity index (χ3v) is 6.99. The number of hydrogen-bond donors (Lipinski definition) is 3. The van der Waals surface area contributed by atoms with Crippen LogP contribution in [0.2, 0.25) is 0 Å². The Balaban J connectivity index is 1.28. The molecule has 4 heterocycles. The van der Waals surface area contributed by atoms with Crippen molar-refractivity contribution >= 4 is 23.1 Å². The fraction of sp³-hybridized carbons (Fsp3) is 0.280. The molecule has 11 heteroatoms. The monoisotopic (exact) mass is 493 g/mol. The SMILES string of the molecule is Nc1nccn2c([C@@H]3CC4(CC4)CN3)nc(-c3ccc(C(=O)Nc4cc(C(F)(F)F)ccn4)cc3)c12. The van der Waals surface area contributed by atoms with Gasteiger partial charge in [0, 0.05) is 36.3 Å². The molecule has 3 aromatic heterocycles. The first-order valence-electron chi connectivity index (χ1n) is 11.5. The normalized spacial score (nSPS) is 18.6. The van der Waals surface area contributed by atoms with Crippen LogP contribution in [0.3, 0.4) is 0 Å². The number of carbonyl (C=O) groups is 1. The lowest BCUT2D eigenvalue weighted by atomic mass is 10.0. The van der Waals surface area contributed by atoms with E-state index in [2.05, 4.69) is 20.6 Å². The van der Waals surface area contributed by atoms with Gasteiger partial charge in [0.05, 0.1) is 11.6 Å². The molecule has 2 fully saturated rings. The minimum Gasteiger partial charge on any atom is -0.382 e. The molecule has 8 nitrogen and oxygen atoms in total. The topological polar surface area (TPSA) is 110 Å². The zero-order chi connectivity index (χ0) is 25.1. The van der Waals surface area contributed by atoms with E-state index in [-0.39, 0.29) is 17.4 Å². The highest BCUT2D eigenvalue weighted by Crippen LogP contribution is 2.55. The summed E-state index contributed by atoms with van der Waals surface area (Å²) in [6.45, 7) is 0.979. The number of aromatic nitrogens is 4. The molecule has 1 saturated heterocycles. The zero-order valence-corrected chi connectivity index (χ0v) is 19.0. The van der Waals surface area contributed by atoms with E-state index >= 15 is 0 Å². The Labute approximate surface area is 203 Å². The molecular formula is C25H22F3N7O. The number of benzene rings is 1. The molecule has 184 valence electrons. The van der Waals surface area contributed by atoms with Crippen LogP contribution in [0.4, 0.5) is 24.8 Å². The number of alkyl halides is 3. The smallest absolute Gasteiger partial charge is 0.382 e.